The fraction of sp³-hybridized carbons (Fsp3) is 1.00. The lowest BCUT2D eigenvalue weighted by atomic mass is 10.1. The molecule has 2 nitrogen and oxygen atoms in total. The van der Waals surface area contributed by atoms with E-state index in [-0.39, 0.29) is 17.0 Å². The molecule has 3 heteroatoms. The second-order valence-corrected chi connectivity index (χ2v) is 12.5. The van der Waals surface area contributed by atoms with Gasteiger partial charge in [-0.05, 0) is 25.7 Å². The number of hydrogen-bond acceptors (Lipinski definition) is 0. The largest absolute Gasteiger partial charge is 1.00 e. The second kappa shape index (κ2) is 25.1. The summed E-state index contributed by atoms with van der Waals surface area (Å²) < 4.78 is 2.44. The molecule has 0 atom stereocenters. The summed E-state index contributed by atoms with van der Waals surface area (Å²) in [6.07, 6.45) is 30.2. The summed E-state index contributed by atoms with van der Waals surface area (Å²) in [4.78, 5) is 0. The highest BCUT2D eigenvalue weighted by Crippen LogP contribution is 2.14. The van der Waals surface area contributed by atoms with Crippen molar-refractivity contribution < 1.29 is 25.9 Å². The molecule has 0 heterocycles. The van der Waals surface area contributed by atoms with Crippen LogP contribution in [0, 0.1) is 0 Å². The van der Waals surface area contributed by atoms with Gasteiger partial charge in [0.2, 0.25) is 0 Å². The van der Waals surface area contributed by atoms with E-state index in [1.807, 2.05) is 0 Å². The third-order valence-electron chi connectivity index (χ3n) is 7.76. The number of hydrogen-bond donors (Lipinski definition) is 0. The first-order chi connectivity index (χ1) is 15.8. The Kier molecular flexibility index (Phi) is 27.0. The molecule has 0 radical (unpaired) electrons. The minimum atomic E-state index is 0. The number of quaternary nitrogens is 2. The summed E-state index contributed by atoms with van der Waals surface area (Å²) in [5, 5.41) is 0. The predicted molar refractivity (Wildman–Crippen MR) is 152 cm³/mol. The van der Waals surface area contributed by atoms with Crippen molar-refractivity contribution in [3.8, 4) is 0 Å². The standard InChI is InChI=1S/C31H68N2.BrH/c1-7-9-11-13-15-17-19-21-23-25-28-32(3,4)30-27-31-33(5,6)29-26-24-22-20-18-16-14-12-10-8-2;/h7-31H2,1-6H3;1H/q+2;/p-1. The lowest BCUT2D eigenvalue weighted by molar-refractivity contribution is -0.909. The smallest absolute Gasteiger partial charge is 0.0836 e. The summed E-state index contributed by atoms with van der Waals surface area (Å²) in [6.45, 7) is 10.0. The average Bonchev–Trinajstić information content (AvgIpc) is 2.76. The van der Waals surface area contributed by atoms with Gasteiger partial charge in [-0.3, -0.25) is 0 Å². The van der Waals surface area contributed by atoms with Crippen LogP contribution in [0.3, 0.4) is 0 Å². The van der Waals surface area contributed by atoms with Gasteiger partial charge in [-0.25, -0.2) is 0 Å². The molecule has 0 aliphatic rings. The molecule has 0 aromatic heterocycles. The molecule has 0 amide bonds. The summed E-state index contributed by atoms with van der Waals surface area (Å²) in [7, 11) is 9.82. The normalized spacial score (nSPS) is 12.2. The first-order valence-electron chi connectivity index (χ1n) is 15.5. The summed E-state index contributed by atoms with van der Waals surface area (Å²) in [6, 6.07) is 0. The molecule has 0 aromatic rings. The van der Waals surface area contributed by atoms with Gasteiger partial charge in [-0.1, -0.05) is 117 Å². The van der Waals surface area contributed by atoms with E-state index < -0.39 is 0 Å². The van der Waals surface area contributed by atoms with Crippen molar-refractivity contribution in [1.82, 2.24) is 0 Å². The van der Waals surface area contributed by atoms with E-state index in [0.29, 0.717) is 0 Å². The van der Waals surface area contributed by atoms with Crippen LogP contribution in [0.25, 0.3) is 0 Å². The maximum Gasteiger partial charge on any atom is 0.0836 e. The predicted octanol–water partition coefficient (Wildman–Crippen LogP) is 6.38. The number of halogens is 1. The van der Waals surface area contributed by atoms with Crippen molar-refractivity contribution in [3.05, 3.63) is 0 Å². The quantitative estimate of drug-likeness (QED) is 0.0870. The molecule has 0 saturated carbocycles. The van der Waals surface area contributed by atoms with Crippen LogP contribution in [0.2, 0.25) is 0 Å². The van der Waals surface area contributed by atoms with Gasteiger partial charge in [0, 0.05) is 6.42 Å². The van der Waals surface area contributed by atoms with Crippen molar-refractivity contribution in [2.75, 3.05) is 54.4 Å². The molecular weight excluding hydrogens is 480 g/mol. The highest BCUT2D eigenvalue weighted by atomic mass is 79.9. The van der Waals surface area contributed by atoms with Crippen molar-refractivity contribution in [2.45, 2.75) is 149 Å². The number of nitrogens with zero attached hydrogens (tertiary/aromatic N) is 2. The van der Waals surface area contributed by atoms with Crippen LogP contribution in [-0.2, 0) is 0 Å². The Morgan fingerprint density at radius 3 is 0.765 bits per heavy atom. The highest BCUT2D eigenvalue weighted by Gasteiger charge is 2.19. The zero-order valence-corrected chi connectivity index (χ0v) is 26.5. The Balaban J connectivity index is 0. The van der Waals surface area contributed by atoms with Gasteiger partial charge in [-0.15, -0.1) is 0 Å². The van der Waals surface area contributed by atoms with Crippen LogP contribution in [0.1, 0.15) is 149 Å². The van der Waals surface area contributed by atoms with E-state index in [1.54, 1.807) is 0 Å². The van der Waals surface area contributed by atoms with Gasteiger partial charge in [0.15, 0.2) is 0 Å². The van der Waals surface area contributed by atoms with Gasteiger partial charge in [-0.2, -0.15) is 0 Å². The maximum absolute atomic E-state index is 2.45. The molecule has 0 rings (SSSR count). The van der Waals surface area contributed by atoms with E-state index in [4.69, 9.17) is 0 Å². The Morgan fingerprint density at radius 2 is 0.500 bits per heavy atom. The van der Waals surface area contributed by atoms with Crippen molar-refractivity contribution in [3.63, 3.8) is 0 Å². The Morgan fingerprint density at radius 1 is 0.294 bits per heavy atom. The molecule has 208 valence electrons. The van der Waals surface area contributed by atoms with Crippen molar-refractivity contribution in [1.29, 1.82) is 0 Å². The average molecular weight is 549 g/mol. The summed E-state index contributed by atoms with van der Waals surface area (Å²) in [5.74, 6) is 0. The van der Waals surface area contributed by atoms with Gasteiger partial charge in [0.25, 0.3) is 0 Å². The van der Waals surface area contributed by atoms with E-state index >= 15 is 0 Å². The highest BCUT2D eigenvalue weighted by molar-refractivity contribution is 4.50. The van der Waals surface area contributed by atoms with Crippen LogP contribution in [0.5, 0.6) is 0 Å². The topological polar surface area (TPSA) is 0 Å². The van der Waals surface area contributed by atoms with Crippen molar-refractivity contribution in [2.24, 2.45) is 0 Å². The first-order valence-corrected chi connectivity index (χ1v) is 15.5. The third kappa shape index (κ3) is 27.0. The second-order valence-electron chi connectivity index (χ2n) is 12.5. The van der Waals surface area contributed by atoms with E-state index in [0.717, 1.165) is 0 Å². The van der Waals surface area contributed by atoms with Gasteiger partial charge in [0.05, 0.1) is 54.4 Å². The molecule has 0 saturated heterocycles. The molecule has 0 aromatic carbocycles. The Bertz CT molecular complexity index is 359. The molecule has 0 aliphatic heterocycles. The molecule has 0 aliphatic carbocycles. The fourth-order valence-electron chi connectivity index (χ4n) is 5.20. The van der Waals surface area contributed by atoms with Crippen LogP contribution < -0.4 is 17.0 Å². The van der Waals surface area contributed by atoms with E-state index in [1.165, 1.54) is 170 Å². The first kappa shape index (κ1) is 36.6. The minimum absolute atomic E-state index is 0. The van der Waals surface area contributed by atoms with Crippen LogP contribution >= 0.6 is 0 Å². The van der Waals surface area contributed by atoms with Crippen LogP contribution in [0.15, 0.2) is 0 Å². The maximum atomic E-state index is 2.45. The SMILES string of the molecule is CCCCCCCCCCCC[N+](C)(C)CCC[N+](C)(C)CCCCCCCCCCCC.[Br-]. The summed E-state index contributed by atoms with van der Waals surface area (Å²) >= 11 is 0. The molecule has 0 unspecified atom stereocenters. The van der Waals surface area contributed by atoms with Gasteiger partial charge < -0.3 is 25.9 Å². The zero-order chi connectivity index (χ0) is 24.7. The van der Waals surface area contributed by atoms with Crippen LogP contribution in [0.4, 0.5) is 0 Å². The molecule has 0 bridgehead atoms. The fourth-order valence-corrected chi connectivity index (χ4v) is 5.20. The Hall–Kier alpha value is 0.400. The zero-order valence-electron chi connectivity index (χ0n) is 25.0. The van der Waals surface area contributed by atoms with Gasteiger partial charge >= 0.3 is 0 Å². The van der Waals surface area contributed by atoms with E-state index in [9.17, 15) is 0 Å². The molecular formula is C31H68BrN2+. The van der Waals surface area contributed by atoms with Gasteiger partial charge in [0.1, 0.15) is 0 Å². The number of unbranched alkanes of at least 4 members (excludes halogenated alkanes) is 18. The third-order valence-corrected chi connectivity index (χ3v) is 7.76. The number of rotatable bonds is 26. The molecule has 0 fully saturated rings. The molecule has 0 N–H and O–H groups in total. The van der Waals surface area contributed by atoms with Crippen LogP contribution in [-0.4, -0.2) is 63.3 Å². The Labute approximate surface area is 228 Å². The lowest BCUT2D eigenvalue weighted by Gasteiger charge is -2.33. The molecule has 34 heavy (non-hydrogen) atoms. The van der Waals surface area contributed by atoms with E-state index in [2.05, 4.69) is 42.0 Å². The van der Waals surface area contributed by atoms with Crippen molar-refractivity contribution >= 4 is 0 Å². The monoisotopic (exact) mass is 547 g/mol. The molecule has 0 spiro atoms. The minimum Gasteiger partial charge on any atom is -1.00 e. The lowest BCUT2D eigenvalue weighted by Crippen LogP contribution is -3.00. The summed E-state index contributed by atoms with van der Waals surface area (Å²) in [5.41, 5.74) is 0.